The lowest BCUT2D eigenvalue weighted by Gasteiger charge is -2.23. The van der Waals surface area contributed by atoms with E-state index >= 15 is 0 Å². The first-order valence-electron chi connectivity index (χ1n) is 7.52. The Morgan fingerprint density at radius 3 is 2.42 bits per heavy atom. The van der Waals surface area contributed by atoms with Crippen LogP contribution in [0.15, 0.2) is 24.3 Å². The van der Waals surface area contributed by atoms with Crippen LogP contribution in [0.4, 0.5) is 0 Å². The predicted octanol–water partition coefficient (Wildman–Crippen LogP) is 5.44. The molecule has 1 aromatic carbocycles. The normalized spacial score (nSPS) is 21.6. The molecule has 2 rings (SSSR count). The van der Waals surface area contributed by atoms with Gasteiger partial charge in [0.05, 0.1) is 11.5 Å². The Kier molecular flexibility index (Phi) is 5.72. The monoisotopic (exact) mass is 280 g/mol. The minimum atomic E-state index is 0.117. The number of hydrogen-bond donors (Lipinski definition) is 0. The van der Waals surface area contributed by atoms with Crippen molar-refractivity contribution in [2.45, 2.75) is 63.4 Å². The van der Waals surface area contributed by atoms with E-state index in [0.29, 0.717) is 12.0 Å². The van der Waals surface area contributed by atoms with Gasteiger partial charge in [0.25, 0.3) is 0 Å². The minimum Gasteiger partial charge on any atom is -0.378 e. The predicted molar refractivity (Wildman–Crippen MR) is 82.0 cm³/mol. The van der Waals surface area contributed by atoms with Crippen LogP contribution < -0.4 is 0 Å². The van der Waals surface area contributed by atoms with Gasteiger partial charge in [0.2, 0.25) is 0 Å². The second-order valence-electron chi connectivity index (χ2n) is 5.85. The second-order valence-corrected chi connectivity index (χ2v) is 6.38. The summed E-state index contributed by atoms with van der Waals surface area (Å²) in [7, 11) is 0. The molecule has 1 fully saturated rings. The summed E-state index contributed by atoms with van der Waals surface area (Å²) in [6.45, 7) is 5.36. The van der Waals surface area contributed by atoms with Gasteiger partial charge in [0, 0.05) is 6.61 Å². The van der Waals surface area contributed by atoms with Crippen LogP contribution in [0.2, 0.25) is 0 Å². The maximum Gasteiger partial charge on any atom is 0.0586 e. The average molecular weight is 281 g/mol. The average Bonchev–Trinajstić information content (AvgIpc) is 2.46. The molecule has 1 heterocycles. The molecule has 1 nitrogen and oxygen atoms in total. The van der Waals surface area contributed by atoms with Gasteiger partial charge in [0.15, 0.2) is 0 Å². The molecule has 2 atom stereocenters. The highest BCUT2D eigenvalue weighted by Gasteiger charge is 2.16. The van der Waals surface area contributed by atoms with Crippen molar-refractivity contribution in [1.82, 2.24) is 0 Å². The second kappa shape index (κ2) is 7.31. The zero-order valence-electron chi connectivity index (χ0n) is 12.1. The fourth-order valence-electron chi connectivity index (χ4n) is 2.62. The first-order valence-corrected chi connectivity index (χ1v) is 7.96. The van der Waals surface area contributed by atoms with Crippen molar-refractivity contribution in [2.75, 3.05) is 6.61 Å². The van der Waals surface area contributed by atoms with Crippen molar-refractivity contribution in [3.05, 3.63) is 35.4 Å². The van der Waals surface area contributed by atoms with E-state index in [1.807, 2.05) is 0 Å². The van der Waals surface area contributed by atoms with Gasteiger partial charge in [-0.3, -0.25) is 0 Å². The van der Waals surface area contributed by atoms with Gasteiger partial charge in [-0.15, -0.1) is 11.6 Å². The molecule has 0 radical (unpaired) electrons. The summed E-state index contributed by atoms with van der Waals surface area (Å²) in [5.41, 5.74) is 2.62. The van der Waals surface area contributed by atoms with Crippen molar-refractivity contribution < 1.29 is 4.74 Å². The molecule has 1 saturated heterocycles. The standard InChI is InChI=1S/C17H25ClO/c1-13(2)14-6-8-15(9-7-14)17(18)11-10-16-5-3-4-12-19-16/h6-9,13,16-17H,3-5,10-12H2,1-2H3. The highest BCUT2D eigenvalue weighted by atomic mass is 35.5. The van der Waals surface area contributed by atoms with Crippen molar-refractivity contribution in [3.8, 4) is 0 Å². The van der Waals surface area contributed by atoms with E-state index in [9.17, 15) is 0 Å². The number of benzene rings is 1. The van der Waals surface area contributed by atoms with Crippen molar-refractivity contribution in [3.63, 3.8) is 0 Å². The number of ether oxygens (including phenoxy) is 1. The fraction of sp³-hybridized carbons (Fsp3) is 0.647. The molecule has 0 bridgehead atoms. The van der Waals surface area contributed by atoms with E-state index in [1.165, 1.54) is 30.4 Å². The molecule has 0 aliphatic carbocycles. The SMILES string of the molecule is CC(C)c1ccc(C(Cl)CCC2CCCCO2)cc1. The van der Waals surface area contributed by atoms with Gasteiger partial charge in [-0.25, -0.2) is 0 Å². The number of alkyl halides is 1. The molecule has 1 aliphatic rings. The number of hydrogen-bond acceptors (Lipinski definition) is 1. The first-order chi connectivity index (χ1) is 9.16. The van der Waals surface area contributed by atoms with E-state index in [1.54, 1.807) is 0 Å². The topological polar surface area (TPSA) is 9.23 Å². The molecular weight excluding hydrogens is 256 g/mol. The maximum atomic E-state index is 6.50. The summed E-state index contributed by atoms with van der Waals surface area (Å²) in [4.78, 5) is 0. The molecule has 1 aliphatic heterocycles. The quantitative estimate of drug-likeness (QED) is 0.653. The van der Waals surface area contributed by atoms with Gasteiger partial charge in [-0.1, -0.05) is 38.1 Å². The summed E-state index contributed by atoms with van der Waals surface area (Å²) in [5, 5.41) is 0.117. The van der Waals surface area contributed by atoms with Gasteiger partial charge in [-0.2, -0.15) is 0 Å². The largest absolute Gasteiger partial charge is 0.378 e. The zero-order chi connectivity index (χ0) is 13.7. The summed E-state index contributed by atoms with van der Waals surface area (Å²) in [6.07, 6.45) is 6.26. The van der Waals surface area contributed by atoms with E-state index in [0.717, 1.165) is 19.4 Å². The highest BCUT2D eigenvalue weighted by molar-refractivity contribution is 6.20. The van der Waals surface area contributed by atoms with E-state index in [-0.39, 0.29) is 5.38 Å². The third-order valence-corrected chi connectivity index (χ3v) is 4.45. The molecule has 19 heavy (non-hydrogen) atoms. The molecular formula is C17H25ClO. The van der Waals surface area contributed by atoms with Gasteiger partial charge in [0.1, 0.15) is 0 Å². The Hall–Kier alpha value is -0.530. The summed E-state index contributed by atoms with van der Waals surface area (Å²) in [6, 6.07) is 8.75. The molecule has 0 spiro atoms. The van der Waals surface area contributed by atoms with Crippen LogP contribution in [0.25, 0.3) is 0 Å². The van der Waals surface area contributed by atoms with Crippen LogP contribution in [0.5, 0.6) is 0 Å². The van der Waals surface area contributed by atoms with Gasteiger partial charge >= 0.3 is 0 Å². The third kappa shape index (κ3) is 4.50. The lowest BCUT2D eigenvalue weighted by Crippen LogP contribution is -2.19. The molecule has 106 valence electrons. The lowest BCUT2D eigenvalue weighted by molar-refractivity contribution is 0.0100. The Labute approximate surface area is 122 Å². The van der Waals surface area contributed by atoms with Gasteiger partial charge in [-0.05, 0) is 49.1 Å². The van der Waals surface area contributed by atoms with E-state index in [4.69, 9.17) is 16.3 Å². The maximum absolute atomic E-state index is 6.50. The van der Waals surface area contributed by atoms with Crippen LogP contribution >= 0.6 is 11.6 Å². The Bertz CT molecular complexity index is 365. The van der Waals surface area contributed by atoms with Crippen LogP contribution in [-0.2, 0) is 4.74 Å². The molecule has 2 unspecified atom stereocenters. The highest BCUT2D eigenvalue weighted by Crippen LogP contribution is 2.29. The van der Waals surface area contributed by atoms with Crippen molar-refractivity contribution in [2.24, 2.45) is 0 Å². The fourth-order valence-corrected chi connectivity index (χ4v) is 2.90. The van der Waals surface area contributed by atoms with Crippen LogP contribution in [0, 0.1) is 0 Å². The van der Waals surface area contributed by atoms with Crippen LogP contribution in [0.1, 0.15) is 68.4 Å². The molecule has 1 aromatic rings. The number of rotatable bonds is 5. The molecule has 0 aromatic heterocycles. The molecule has 0 N–H and O–H groups in total. The smallest absolute Gasteiger partial charge is 0.0586 e. The molecule has 0 amide bonds. The van der Waals surface area contributed by atoms with Gasteiger partial charge < -0.3 is 4.74 Å². The van der Waals surface area contributed by atoms with E-state index in [2.05, 4.69) is 38.1 Å². The van der Waals surface area contributed by atoms with Crippen molar-refractivity contribution in [1.29, 1.82) is 0 Å². The Morgan fingerprint density at radius 1 is 1.16 bits per heavy atom. The Morgan fingerprint density at radius 2 is 1.84 bits per heavy atom. The summed E-state index contributed by atoms with van der Waals surface area (Å²) < 4.78 is 5.76. The summed E-state index contributed by atoms with van der Waals surface area (Å²) in [5.74, 6) is 0.582. The molecule has 0 saturated carbocycles. The third-order valence-electron chi connectivity index (χ3n) is 3.98. The zero-order valence-corrected chi connectivity index (χ0v) is 12.8. The first kappa shape index (κ1) is 14.9. The summed E-state index contributed by atoms with van der Waals surface area (Å²) >= 11 is 6.50. The minimum absolute atomic E-state index is 0.117. The van der Waals surface area contributed by atoms with E-state index < -0.39 is 0 Å². The van der Waals surface area contributed by atoms with Crippen LogP contribution in [0.3, 0.4) is 0 Å². The molecule has 2 heteroatoms. The number of halogens is 1. The lowest BCUT2D eigenvalue weighted by atomic mass is 9.98. The van der Waals surface area contributed by atoms with Crippen LogP contribution in [-0.4, -0.2) is 12.7 Å². The van der Waals surface area contributed by atoms with Crippen molar-refractivity contribution >= 4 is 11.6 Å². The Balaban J connectivity index is 1.83.